The zero-order chi connectivity index (χ0) is 20.4. The van der Waals surface area contributed by atoms with Gasteiger partial charge in [0.25, 0.3) is 0 Å². The quantitative estimate of drug-likeness (QED) is 0.646. The van der Waals surface area contributed by atoms with Crippen molar-refractivity contribution in [3.63, 3.8) is 0 Å². The number of pyridine rings is 1. The number of benzene rings is 2. The number of hydrogen-bond acceptors (Lipinski definition) is 4. The van der Waals surface area contributed by atoms with Gasteiger partial charge in [0, 0.05) is 30.7 Å². The van der Waals surface area contributed by atoms with Crippen molar-refractivity contribution in [1.29, 1.82) is 0 Å². The molecule has 29 heavy (non-hydrogen) atoms. The molecule has 152 valence electrons. The van der Waals surface area contributed by atoms with Crippen LogP contribution in [0.2, 0.25) is 5.02 Å². The molecule has 1 aliphatic heterocycles. The Bertz CT molecular complexity index is 1120. The number of nitrogens with zero attached hydrogens (tertiary/aromatic N) is 2. The zero-order valence-electron chi connectivity index (χ0n) is 15.7. The molecule has 1 saturated heterocycles. The number of rotatable bonds is 5. The summed E-state index contributed by atoms with van der Waals surface area (Å²) in [5.74, 6) is -0.443. The van der Waals surface area contributed by atoms with Gasteiger partial charge < -0.3 is 5.32 Å². The van der Waals surface area contributed by atoms with Gasteiger partial charge in [-0.25, -0.2) is 17.1 Å². The third kappa shape index (κ3) is 4.37. The van der Waals surface area contributed by atoms with Crippen molar-refractivity contribution in [3.05, 3.63) is 71.1 Å². The van der Waals surface area contributed by atoms with Crippen molar-refractivity contribution >= 4 is 38.2 Å². The molecular formula is C21H21ClFN3O2S. The highest BCUT2D eigenvalue weighted by Crippen LogP contribution is 2.29. The Morgan fingerprint density at radius 2 is 1.83 bits per heavy atom. The Morgan fingerprint density at radius 3 is 2.55 bits per heavy atom. The van der Waals surface area contributed by atoms with E-state index in [1.807, 2.05) is 30.3 Å². The van der Waals surface area contributed by atoms with Crippen LogP contribution >= 0.6 is 11.6 Å². The largest absolute Gasteiger partial charge is 0.380 e. The standard InChI is InChI=1S/C21H21ClFN3O2S/c22-18-8-11-24-21-17(18)6-7-19(20(21)23)25-16-9-12-26(13-10-16)29(27,28)14-15-4-2-1-3-5-15/h1-8,11,16,25H,9-10,12-14H2. The van der Waals surface area contributed by atoms with Gasteiger partial charge in [-0.15, -0.1) is 0 Å². The molecule has 2 heterocycles. The minimum absolute atomic E-state index is 0.00231. The summed E-state index contributed by atoms with van der Waals surface area (Å²) in [7, 11) is -3.37. The van der Waals surface area contributed by atoms with Crippen LogP contribution < -0.4 is 5.32 Å². The normalized spacial score (nSPS) is 16.2. The Hall–Kier alpha value is -2.22. The van der Waals surface area contributed by atoms with E-state index in [9.17, 15) is 12.8 Å². The number of halogens is 2. The van der Waals surface area contributed by atoms with Gasteiger partial charge in [-0.3, -0.25) is 4.98 Å². The summed E-state index contributed by atoms with van der Waals surface area (Å²) in [5, 5.41) is 4.23. The molecule has 0 atom stereocenters. The first-order valence-electron chi connectivity index (χ1n) is 9.45. The van der Waals surface area contributed by atoms with Gasteiger partial charge in [-0.2, -0.15) is 0 Å². The van der Waals surface area contributed by atoms with Crippen LogP contribution in [-0.4, -0.2) is 36.8 Å². The molecule has 8 heteroatoms. The molecule has 1 N–H and O–H groups in total. The number of hydrogen-bond donors (Lipinski definition) is 1. The third-order valence-corrected chi connectivity index (χ3v) is 7.38. The monoisotopic (exact) mass is 433 g/mol. The van der Waals surface area contributed by atoms with E-state index >= 15 is 0 Å². The molecule has 0 saturated carbocycles. The Labute approximate surface area is 174 Å². The van der Waals surface area contributed by atoms with E-state index < -0.39 is 15.8 Å². The second kappa shape index (κ2) is 8.26. The Morgan fingerprint density at radius 1 is 1.10 bits per heavy atom. The first kappa shape index (κ1) is 20.1. The van der Waals surface area contributed by atoms with Crippen molar-refractivity contribution in [2.75, 3.05) is 18.4 Å². The summed E-state index contributed by atoms with van der Waals surface area (Å²) in [5.41, 5.74) is 1.36. The molecule has 3 aromatic rings. The van der Waals surface area contributed by atoms with Crippen LogP contribution in [-0.2, 0) is 15.8 Å². The lowest BCUT2D eigenvalue weighted by Crippen LogP contribution is -2.42. The first-order chi connectivity index (χ1) is 13.9. The zero-order valence-corrected chi connectivity index (χ0v) is 17.3. The number of piperidine rings is 1. The molecule has 0 bridgehead atoms. The van der Waals surface area contributed by atoms with Crippen molar-refractivity contribution in [2.24, 2.45) is 0 Å². The van der Waals surface area contributed by atoms with Gasteiger partial charge in [0.1, 0.15) is 5.52 Å². The van der Waals surface area contributed by atoms with Crippen molar-refractivity contribution in [3.8, 4) is 0 Å². The molecule has 1 aromatic heterocycles. The number of fused-ring (bicyclic) bond motifs is 1. The SMILES string of the molecule is O=S(=O)(Cc1ccccc1)N1CCC(Nc2ccc3c(Cl)ccnc3c2F)CC1. The van der Waals surface area contributed by atoms with Crippen LogP contribution in [0.25, 0.3) is 10.9 Å². The van der Waals surface area contributed by atoms with Crippen LogP contribution in [0.15, 0.2) is 54.7 Å². The van der Waals surface area contributed by atoms with Gasteiger partial charge in [0.2, 0.25) is 10.0 Å². The average Bonchev–Trinajstić information content (AvgIpc) is 2.71. The molecule has 5 nitrogen and oxygen atoms in total. The highest BCUT2D eigenvalue weighted by Gasteiger charge is 2.28. The number of anilines is 1. The summed E-state index contributed by atoms with van der Waals surface area (Å²) in [6.45, 7) is 0.818. The number of aromatic nitrogens is 1. The lowest BCUT2D eigenvalue weighted by atomic mass is 10.1. The summed E-state index contributed by atoms with van der Waals surface area (Å²) in [6, 6.07) is 14.2. The highest BCUT2D eigenvalue weighted by atomic mass is 35.5. The summed E-state index contributed by atoms with van der Waals surface area (Å²) in [6.07, 6.45) is 2.69. The van der Waals surface area contributed by atoms with Crippen molar-refractivity contribution in [1.82, 2.24) is 9.29 Å². The van der Waals surface area contributed by atoms with E-state index in [0.29, 0.717) is 42.0 Å². The molecule has 2 aromatic carbocycles. The molecule has 0 amide bonds. The number of nitrogens with one attached hydrogen (secondary N) is 1. The van der Waals surface area contributed by atoms with Gasteiger partial charge in [-0.05, 0) is 36.6 Å². The third-order valence-electron chi connectivity index (χ3n) is 5.20. The average molecular weight is 434 g/mol. The topological polar surface area (TPSA) is 62.3 Å². The fourth-order valence-corrected chi connectivity index (χ4v) is 5.41. The van der Waals surface area contributed by atoms with Gasteiger partial charge >= 0.3 is 0 Å². The summed E-state index contributed by atoms with van der Waals surface area (Å²) >= 11 is 6.10. The highest BCUT2D eigenvalue weighted by molar-refractivity contribution is 7.88. The van der Waals surface area contributed by atoms with Crippen LogP contribution in [0, 0.1) is 5.82 Å². The maximum Gasteiger partial charge on any atom is 0.218 e. The van der Waals surface area contributed by atoms with E-state index in [1.54, 1.807) is 18.2 Å². The second-order valence-electron chi connectivity index (χ2n) is 7.18. The van der Waals surface area contributed by atoms with Crippen molar-refractivity contribution < 1.29 is 12.8 Å². The number of sulfonamides is 1. The maximum atomic E-state index is 14.8. The first-order valence-corrected chi connectivity index (χ1v) is 11.4. The molecule has 4 rings (SSSR count). The molecule has 0 aliphatic carbocycles. The lowest BCUT2D eigenvalue weighted by molar-refractivity contribution is 0.329. The lowest BCUT2D eigenvalue weighted by Gasteiger charge is -2.32. The summed E-state index contributed by atoms with van der Waals surface area (Å²) in [4.78, 5) is 4.09. The fourth-order valence-electron chi connectivity index (χ4n) is 3.64. The van der Waals surface area contributed by atoms with E-state index in [0.717, 1.165) is 5.56 Å². The Kier molecular flexibility index (Phi) is 5.72. The van der Waals surface area contributed by atoms with Gasteiger partial charge in [0.15, 0.2) is 5.82 Å². The molecule has 0 radical (unpaired) electrons. The predicted octanol–water partition coefficient (Wildman–Crippen LogP) is 4.43. The maximum absolute atomic E-state index is 14.8. The molecule has 1 fully saturated rings. The molecule has 1 aliphatic rings. The van der Waals surface area contributed by atoms with Crippen LogP contribution in [0.1, 0.15) is 18.4 Å². The van der Waals surface area contributed by atoms with Crippen LogP contribution in [0.4, 0.5) is 10.1 Å². The van der Waals surface area contributed by atoms with Gasteiger partial charge in [0.05, 0.1) is 16.5 Å². The van der Waals surface area contributed by atoms with E-state index in [2.05, 4.69) is 10.3 Å². The summed E-state index contributed by atoms with van der Waals surface area (Å²) < 4.78 is 41.7. The predicted molar refractivity (Wildman–Crippen MR) is 114 cm³/mol. The van der Waals surface area contributed by atoms with Gasteiger partial charge in [-0.1, -0.05) is 41.9 Å². The smallest absolute Gasteiger partial charge is 0.218 e. The molecule has 0 unspecified atom stereocenters. The van der Waals surface area contributed by atoms with Crippen LogP contribution in [0.5, 0.6) is 0 Å². The minimum Gasteiger partial charge on any atom is -0.380 e. The Balaban J connectivity index is 1.41. The fraction of sp³-hybridized carbons (Fsp3) is 0.286. The molecular weight excluding hydrogens is 413 g/mol. The minimum atomic E-state index is -3.37. The van der Waals surface area contributed by atoms with E-state index in [-0.39, 0.29) is 17.3 Å². The van der Waals surface area contributed by atoms with Crippen LogP contribution in [0.3, 0.4) is 0 Å². The van der Waals surface area contributed by atoms with E-state index in [4.69, 9.17) is 11.6 Å². The van der Waals surface area contributed by atoms with Crippen molar-refractivity contribution in [2.45, 2.75) is 24.6 Å². The van der Waals surface area contributed by atoms with E-state index in [1.165, 1.54) is 10.5 Å². The molecule has 0 spiro atoms. The second-order valence-corrected chi connectivity index (χ2v) is 9.55.